The molecule has 0 amide bonds. The van der Waals surface area contributed by atoms with E-state index in [4.69, 9.17) is 28.9 Å². The number of nitrogens with zero attached hydrogens (tertiary/aromatic N) is 2. The summed E-state index contributed by atoms with van der Waals surface area (Å²) >= 11 is 11.9. The molecule has 0 spiro atoms. The van der Waals surface area contributed by atoms with Crippen LogP contribution in [0.3, 0.4) is 0 Å². The van der Waals surface area contributed by atoms with Gasteiger partial charge >= 0.3 is 0 Å². The zero-order valence-electron chi connectivity index (χ0n) is 10.9. The number of halogens is 2. The van der Waals surface area contributed by atoms with Crippen molar-refractivity contribution in [3.05, 3.63) is 39.1 Å². The summed E-state index contributed by atoms with van der Waals surface area (Å²) in [5.41, 5.74) is 10.0. The topological polar surface area (TPSA) is 63.8 Å². The molecule has 1 heterocycles. The summed E-state index contributed by atoms with van der Waals surface area (Å²) in [6.45, 7) is 6.08. The summed E-state index contributed by atoms with van der Waals surface area (Å²) in [5, 5.41) is 3.50. The van der Waals surface area contributed by atoms with Gasteiger partial charge in [-0.1, -0.05) is 29.3 Å². The number of nitrogen functional groups attached to an aromatic ring is 1. The molecule has 0 fully saturated rings. The Hall–Kier alpha value is -1.52. The van der Waals surface area contributed by atoms with E-state index in [9.17, 15) is 0 Å². The minimum Gasteiger partial charge on any atom is -0.382 e. The van der Waals surface area contributed by atoms with Crippen molar-refractivity contribution in [2.45, 2.75) is 20.8 Å². The molecule has 1 aromatic heterocycles. The Morgan fingerprint density at radius 1 is 1.05 bits per heavy atom. The van der Waals surface area contributed by atoms with Gasteiger partial charge in [-0.15, -0.1) is 0 Å². The van der Waals surface area contributed by atoms with Gasteiger partial charge in [0.2, 0.25) is 5.28 Å². The number of rotatable bonds is 2. The Balaban J connectivity index is 2.48. The first-order chi connectivity index (χ1) is 8.88. The standard InChI is InChI=1S/C13H14Cl2N4/c1-6-4-7(2)10(8(3)5-6)17-12-9(14)11(16)18-13(15)19-12/h4-5H,1-3H3,(H3,16,17,18,19). The van der Waals surface area contributed by atoms with Gasteiger partial charge in [-0.25, -0.2) is 0 Å². The van der Waals surface area contributed by atoms with Crippen molar-refractivity contribution < 1.29 is 0 Å². The van der Waals surface area contributed by atoms with Crippen molar-refractivity contribution in [2.24, 2.45) is 0 Å². The summed E-state index contributed by atoms with van der Waals surface area (Å²) in [4.78, 5) is 7.86. The highest BCUT2D eigenvalue weighted by molar-refractivity contribution is 6.36. The van der Waals surface area contributed by atoms with Crippen LogP contribution in [0.25, 0.3) is 0 Å². The maximum absolute atomic E-state index is 6.08. The number of nitrogens with one attached hydrogen (secondary N) is 1. The van der Waals surface area contributed by atoms with Gasteiger partial charge in [-0.3, -0.25) is 0 Å². The molecule has 2 aromatic rings. The molecule has 1 aromatic carbocycles. The second kappa shape index (κ2) is 5.23. The largest absolute Gasteiger partial charge is 0.382 e. The Bertz CT molecular complexity index is 618. The van der Waals surface area contributed by atoms with Crippen LogP contribution < -0.4 is 11.1 Å². The van der Waals surface area contributed by atoms with Crippen molar-refractivity contribution in [1.29, 1.82) is 0 Å². The van der Waals surface area contributed by atoms with Gasteiger partial charge in [-0.05, 0) is 43.5 Å². The van der Waals surface area contributed by atoms with Crippen LogP contribution in [0.2, 0.25) is 10.3 Å². The Morgan fingerprint density at radius 2 is 1.63 bits per heavy atom. The van der Waals surface area contributed by atoms with Crippen LogP contribution in [0.1, 0.15) is 16.7 Å². The van der Waals surface area contributed by atoms with E-state index < -0.39 is 0 Å². The van der Waals surface area contributed by atoms with Crippen LogP contribution in [-0.2, 0) is 0 Å². The molecule has 2 rings (SSSR count). The van der Waals surface area contributed by atoms with Crippen LogP contribution in [0.15, 0.2) is 12.1 Å². The number of nitrogens with two attached hydrogens (primary N) is 1. The Morgan fingerprint density at radius 3 is 2.21 bits per heavy atom. The van der Waals surface area contributed by atoms with Gasteiger partial charge < -0.3 is 11.1 Å². The van der Waals surface area contributed by atoms with E-state index >= 15 is 0 Å². The molecule has 0 saturated carbocycles. The van der Waals surface area contributed by atoms with E-state index in [2.05, 4.69) is 34.3 Å². The smallest absolute Gasteiger partial charge is 0.226 e. The highest BCUT2D eigenvalue weighted by atomic mass is 35.5. The fraction of sp³-hybridized carbons (Fsp3) is 0.231. The molecule has 0 aliphatic carbocycles. The fourth-order valence-corrected chi connectivity index (χ4v) is 2.32. The SMILES string of the molecule is Cc1cc(C)c(Nc2nc(Cl)nc(N)c2Cl)c(C)c1. The van der Waals surface area contributed by atoms with Crippen molar-refractivity contribution >= 4 is 40.5 Å². The normalized spacial score (nSPS) is 10.6. The highest BCUT2D eigenvalue weighted by Crippen LogP contribution is 2.31. The van der Waals surface area contributed by atoms with Crippen molar-refractivity contribution in [1.82, 2.24) is 9.97 Å². The zero-order chi connectivity index (χ0) is 14.2. The van der Waals surface area contributed by atoms with Gasteiger partial charge in [0.25, 0.3) is 0 Å². The summed E-state index contributed by atoms with van der Waals surface area (Å²) in [7, 11) is 0. The van der Waals surface area contributed by atoms with E-state index in [0.717, 1.165) is 16.8 Å². The van der Waals surface area contributed by atoms with Crippen LogP contribution in [0, 0.1) is 20.8 Å². The molecule has 19 heavy (non-hydrogen) atoms. The van der Waals surface area contributed by atoms with Crippen LogP contribution in [0.4, 0.5) is 17.3 Å². The van der Waals surface area contributed by atoms with Crippen LogP contribution in [-0.4, -0.2) is 9.97 Å². The van der Waals surface area contributed by atoms with Crippen LogP contribution in [0.5, 0.6) is 0 Å². The lowest BCUT2D eigenvalue weighted by atomic mass is 10.1. The first-order valence-electron chi connectivity index (χ1n) is 5.72. The molecule has 0 aliphatic heterocycles. The lowest BCUT2D eigenvalue weighted by molar-refractivity contribution is 1.17. The quantitative estimate of drug-likeness (QED) is 0.821. The molecule has 4 nitrogen and oxygen atoms in total. The van der Waals surface area contributed by atoms with E-state index in [1.165, 1.54) is 5.56 Å². The average molecular weight is 297 g/mol. The number of benzene rings is 1. The molecule has 0 atom stereocenters. The third-order valence-corrected chi connectivity index (χ3v) is 3.31. The fourth-order valence-electron chi connectivity index (χ4n) is 2.01. The molecular weight excluding hydrogens is 283 g/mol. The molecule has 100 valence electrons. The third-order valence-electron chi connectivity index (χ3n) is 2.77. The lowest BCUT2D eigenvalue weighted by Gasteiger charge is -2.14. The zero-order valence-corrected chi connectivity index (χ0v) is 12.4. The summed E-state index contributed by atoms with van der Waals surface area (Å²) < 4.78 is 0. The molecule has 0 bridgehead atoms. The summed E-state index contributed by atoms with van der Waals surface area (Å²) in [6.07, 6.45) is 0. The first kappa shape index (κ1) is 13.9. The first-order valence-corrected chi connectivity index (χ1v) is 6.47. The maximum atomic E-state index is 6.08. The van der Waals surface area contributed by atoms with E-state index in [1.807, 2.05) is 13.8 Å². The van der Waals surface area contributed by atoms with Crippen molar-refractivity contribution in [2.75, 3.05) is 11.1 Å². The van der Waals surface area contributed by atoms with Crippen LogP contribution >= 0.6 is 23.2 Å². The summed E-state index contributed by atoms with van der Waals surface area (Å²) in [6, 6.07) is 4.16. The predicted octanol–water partition coefficient (Wildman–Crippen LogP) is 4.03. The van der Waals surface area contributed by atoms with Gasteiger partial charge in [0, 0.05) is 5.69 Å². The molecule has 0 saturated heterocycles. The average Bonchev–Trinajstić information content (AvgIpc) is 2.29. The van der Waals surface area contributed by atoms with Gasteiger partial charge in [0.1, 0.15) is 10.8 Å². The maximum Gasteiger partial charge on any atom is 0.226 e. The minimum atomic E-state index is 0.0619. The second-order valence-corrected chi connectivity index (χ2v) is 5.16. The minimum absolute atomic E-state index is 0.0619. The van der Waals surface area contributed by atoms with Gasteiger partial charge in [0.15, 0.2) is 5.82 Å². The van der Waals surface area contributed by atoms with Gasteiger partial charge in [-0.2, -0.15) is 9.97 Å². The van der Waals surface area contributed by atoms with Crippen molar-refractivity contribution in [3.8, 4) is 0 Å². The Labute approximate surface area is 122 Å². The van der Waals surface area contributed by atoms with E-state index in [0.29, 0.717) is 5.82 Å². The highest BCUT2D eigenvalue weighted by Gasteiger charge is 2.12. The number of aromatic nitrogens is 2. The third kappa shape index (κ3) is 2.91. The summed E-state index contributed by atoms with van der Waals surface area (Å²) in [5.74, 6) is 0.570. The molecule has 0 unspecified atom stereocenters. The monoisotopic (exact) mass is 296 g/mol. The molecule has 6 heteroatoms. The van der Waals surface area contributed by atoms with E-state index in [1.54, 1.807) is 0 Å². The number of hydrogen-bond donors (Lipinski definition) is 2. The molecular formula is C13H14Cl2N4. The van der Waals surface area contributed by atoms with Crippen molar-refractivity contribution in [3.63, 3.8) is 0 Å². The Kier molecular flexibility index (Phi) is 3.83. The van der Waals surface area contributed by atoms with E-state index in [-0.39, 0.29) is 16.1 Å². The number of hydrogen-bond acceptors (Lipinski definition) is 4. The molecule has 3 N–H and O–H groups in total. The lowest BCUT2D eigenvalue weighted by Crippen LogP contribution is -2.03. The number of anilines is 3. The van der Waals surface area contributed by atoms with Gasteiger partial charge in [0.05, 0.1) is 0 Å². The molecule has 0 radical (unpaired) electrons. The number of aryl methyl sites for hydroxylation is 3. The molecule has 0 aliphatic rings. The second-order valence-electron chi connectivity index (χ2n) is 4.44. The predicted molar refractivity (Wildman–Crippen MR) is 80.4 cm³/mol.